The summed E-state index contributed by atoms with van der Waals surface area (Å²) in [6, 6.07) is 7.86. The Labute approximate surface area is 90.1 Å². The maximum absolute atomic E-state index is 5.61. The Hall–Kier alpha value is -1.09. The number of ether oxygens (including phenoxy) is 1. The fourth-order valence-corrected chi connectivity index (χ4v) is 1.34. The summed E-state index contributed by atoms with van der Waals surface area (Å²) in [6.45, 7) is 4.03. The normalized spacial score (nSPS) is 12.1. The van der Waals surface area contributed by atoms with Gasteiger partial charge in [0.25, 0.3) is 0 Å². The van der Waals surface area contributed by atoms with Crippen molar-refractivity contribution in [2.75, 3.05) is 0 Å². The minimum absolute atomic E-state index is 0.160. The minimum Gasteiger partial charge on any atom is -0.483 e. The first-order chi connectivity index (χ1) is 6.63. The standard InChI is InChI=1S/C11H15NOS/c1-3-10(11(12)14)13-9-6-4-8(2)5-7-9/h4-7,10H,3H2,1-2H3,(H2,12,14). The van der Waals surface area contributed by atoms with Crippen molar-refractivity contribution in [3.05, 3.63) is 29.8 Å². The van der Waals surface area contributed by atoms with Crippen molar-refractivity contribution in [2.45, 2.75) is 26.4 Å². The number of nitrogens with two attached hydrogens (primary N) is 1. The number of aryl methyl sites for hydroxylation is 1. The third-order valence-electron chi connectivity index (χ3n) is 1.99. The van der Waals surface area contributed by atoms with Crippen LogP contribution in [0.15, 0.2) is 24.3 Å². The van der Waals surface area contributed by atoms with Crippen LogP contribution in [0, 0.1) is 6.92 Å². The van der Waals surface area contributed by atoms with Gasteiger partial charge in [0.1, 0.15) is 16.8 Å². The molecule has 2 nitrogen and oxygen atoms in total. The van der Waals surface area contributed by atoms with Crippen LogP contribution in [-0.2, 0) is 0 Å². The van der Waals surface area contributed by atoms with E-state index in [0.29, 0.717) is 4.99 Å². The lowest BCUT2D eigenvalue weighted by atomic mass is 10.2. The van der Waals surface area contributed by atoms with Crippen LogP contribution < -0.4 is 10.5 Å². The van der Waals surface area contributed by atoms with E-state index < -0.39 is 0 Å². The van der Waals surface area contributed by atoms with E-state index >= 15 is 0 Å². The lowest BCUT2D eigenvalue weighted by molar-refractivity contribution is 0.264. The molecule has 0 bridgehead atoms. The topological polar surface area (TPSA) is 35.2 Å². The van der Waals surface area contributed by atoms with Gasteiger partial charge in [0.05, 0.1) is 0 Å². The molecule has 0 saturated heterocycles. The molecule has 2 N–H and O–H groups in total. The van der Waals surface area contributed by atoms with Crippen LogP contribution in [0.2, 0.25) is 0 Å². The van der Waals surface area contributed by atoms with E-state index in [1.807, 2.05) is 38.1 Å². The monoisotopic (exact) mass is 209 g/mol. The molecule has 0 heterocycles. The zero-order valence-corrected chi connectivity index (χ0v) is 9.30. The summed E-state index contributed by atoms with van der Waals surface area (Å²) < 4.78 is 5.61. The Balaban J connectivity index is 2.67. The number of benzene rings is 1. The summed E-state index contributed by atoms with van der Waals surface area (Å²) in [5.74, 6) is 0.815. The molecule has 1 aromatic carbocycles. The van der Waals surface area contributed by atoms with Crippen molar-refractivity contribution < 1.29 is 4.74 Å². The zero-order valence-electron chi connectivity index (χ0n) is 8.49. The fraction of sp³-hybridized carbons (Fsp3) is 0.364. The summed E-state index contributed by atoms with van der Waals surface area (Å²) in [5.41, 5.74) is 6.74. The van der Waals surface area contributed by atoms with Crippen LogP contribution >= 0.6 is 12.2 Å². The molecule has 0 aromatic heterocycles. The maximum Gasteiger partial charge on any atom is 0.148 e. The van der Waals surface area contributed by atoms with Gasteiger partial charge in [0.15, 0.2) is 0 Å². The number of hydrogen-bond acceptors (Lipinski definition) is 2. The largest absolute Gasteiger partial charge is 0.483 e. The van der Waals surface area contributed by atoms with E-state index in [1.165, 1.54) is 5.56 Å². The molecular formula is C11H15NOS. The van der Waals surface area contributed by atoms with Crippen LogP contribution in [0.25, 0.3) is 0 Å². The van der Waals surface area contributed by atoms with Crippen molar-refractivity contribution in [1.82, 2.24) is 0 Å². The van der Waals surface area contributed by atoms with Crippen LogP contribution in [0.5, 0.6) is 5.75 Å². The Morgan fingerprint density at radius 1 is 1.43 bits per heavy atom. The summed E-state index contributed by atoms with van der Waals surface area (Å²) in [4.78, 5) is 0.410. The van der Waals surface area contributed by atoms with Crippen molar-refractivity contribution in [3.63, 3.8) is 0 Å². The van der Waals surface area contributed by atoms with Gasteiger partial charge in [0, 0.05) is 0 Å². The number of rotatable bonds is 4. The lowest BCUT2D eigenvalue weighted by Crippen LogP contribution is -2.31. The average Bonchev–Trinajstić information content (AvgIpc) is 2.16. The van der Waals surface area contributed by atoms with Crippen molar-refractivity contribution >= 4 is 17.2 Å². The average molecular weight is 209 g/mol. The maximum atomic E-state index is 5.61. The summed E-state index contributed by atoms with van der Waals surface area (Å²) in [7, 11) is 0. The predicted octanol–water partition coefficient (Wildman–Crippen LogP) is 2.44. The molecule has 0 aliphatic rings. The first-order valence-electron chi connectivity index (χ1n) is 4.66. The van der Waals surface area contributed by atoms with Gasteiger partial charge in [-0.05, 0) is 25.5 Å². The molecule has 14 heavy (non-hydrogen) atoms. The SMILES string of the molecule is CCC(Oc1ccc(C)cc1)C(N)=S. The van der Waals surface area contributed by atoms with Gasteiger partial charge in [0.2, 0.25) is 0 Å². The fourth-order valence-electron chi connectivity index (χ4n) is 1.12. The van der Waals surface area contributed by atoms with Gasteiger partial charge >= 0.3 is 0 Å². The highest BCUT2D eigenvalue weighted by Crippen LogP contribution is 2.14. The van der Waals surface area contributed by atoms with Crippen molar-refractivity contribution in [1.29, 1.82) is 0 Å². The van der Waals surface area contributed by atoms with Crippen molar-refractivity contribution in [2.24, 2.45) is 5.73 Å². The summed E-state index contributed by atoms with van der Waals surface area (Å²) >= 11 is 4.89. The Kier molecular flexibility index (Phi) is 3.89. The molecule has 1 unspecified atom stereocenters. The van der Waals surface area contributed by atoms with Crippen molar-refractivity contribution in [3.8, 4) is 5.75 Å². The van der Waals surface area contributed by atoms with E-state index in [4.69, 9.17) is 22.7 Å². The molecule has 0 aliphatic carbocycles. The second kappa shape index (κ2) is 4.96. The summed E-state index contributed by atoms with van der Waals surface area (Å²) in [5, 5.41) is 0. The molecule has 0 spiro atoms. The van der Waals surface area contributed by atoms with E-state index in [0.717, 1.165) is 12.2 Å². The molecule has 1 atom stereocenters. The van der Waals surface area contributed by atoms with E-state index in [-0.39, 0.29) is 6.10 Å². The minimum atomic E-state index is -0.160. The van der Waals surface area contributed by atoms with Gasteiger partial charge in [-0.25, -0.2) is 0 Å². The third kappa shape index (κ3) is 3.00. The number of thiocarbonyl (C=S) groups is 1. The Morgan fingerprint density at radius 2 is 2.00 bits per heavy atom. The third-order valence-corrected chi connectivity index (χ3v) is 2.25. The van der Waals surface area contributed by atoms with Gasteiger partial charge in [-0.3, -0.25) is 0 Å². The molecule has 0 radical (unpaired) electrons. The molecule has 3 heteroatoms. The molecule has 0 fully saturated rings. The summed E-state index contributed by atoms with van der Waals surface area (Å²) in [6.07, 6.45) is 0.635. The first kappa shape index (κ1) is 11.0. The molecular weight excluding hydrogens is 194 g/mol. The smallest absolute Gasteiger partial charge is 0.148 e. The zero-order chi connectivity index (χ0) is 10.6. The second-order valence-corrected chi connectivity index (χ2v) is 3.70. The quantitative estimate of drug-likeness (QED) is 0.774. The second-order valence-electron chi connectivity index (χ2n) is 3.23. The highest BCUT2D eigenvalue weighted by atomic mass is 32.1. The van der Waals surface area contributed by atoms with E-state index in [2.05, 4.69) is 0 Å². The first-order valence-corrected chi connectivity index (χ1v) is 5.07. The molecule has 0 saturated carbocycles. The van der Waals surface area contributed by atoms with Gasteiger partial charge in [-0.2, -0.15) is 0 Å². The highest BCUT2D eigenvalue weighted by molar-refractivity contribution is 7.80. The molecule has 76 valence electrons. The van der Waals surface area contributed by atoms with Gasteiger partial charge in [-0.1, -0.05) is 36.8 Å². The van der Waals surface area contributed by atoms with Crippen LogP contribution in [-0.4, -0.2) is 11.1 Å². The number of hydrogen-bond donors (Lipinski definition) is 1. The van der Waals surface area contributed by atoms with Gasteiger partial charge < -0.3 is 10.5 Å². The van der Waals surface area contributed by atoms with Crippen LogP contribution in [0.1, 0.15) is 18.9 Å². The molecule has 1 aromatic rings. The molecule has 0 aliphatic heterocycles. The molecule has 0 amide bonds. The predicted molar refractivity (Wildman–Crippen MR) is 62.7 cm³/mol. The Bertz CT molecular complexity index is 308. The van der Waals surface area contributed by atoms with Crippen LogP contribution in [0.3, 0.4) is 0 Å². The highest BCUT2D eigenvalue weighted by Gasteiger charge is 2.10. The van der Waals surface area contributed by atoms with Crippen LogP contribution in [0.4, 0.5) is 0 Å². The van der Waals surface area contributed by atoms with Gasteiger partial charge in [-0.15, -0.1) is 0 Å². The lowest BCUT2D eigenvalue weighted by Gasteiger charge is -2.15. The molecule has 1 rings (SSSR count). The Morgan fingerprint density at radius 3 is 2.43 bits per heavy atom. The van der Waals surface area contributed by atoms with E-state index in [1.54, 1.807) is 0 Å². The van der Waals surface area contributed by atoms with E-state index in [9.17, 15) is 0 Å².